The number of nitrogens with zero attached hydrogens (tertiary/aromatic N) is 6. The lowest BCUT2D eigenvalue weighted by Gasteiger charge is -2.36. The Kier molecular flexibility index (Phi) is 9.82. The van der Waals surface area contributed by atoms with E-state index < -0.39 is 0 Å². The van der Waals surface area contributed by atoms with E-state index in [1.54, 1.807) is 0 Å². The van der Waals surface area contributed by atoms with Gasteiger partial charge in [0.05, 0.1) is 5.69 Å². The molecule has 2 saturated heterocycles. The molecule has 2 amide bonds. The number of aryl methyl sites for hydroxylation is 2. The average molecular weight is 542 g/mol. The minimum atomic E-state index is 0.0755. The molecular formula is C29H47N7O3. The molecule has 0 aromatic carbocycles. The summed E-state index contributed by atoms with van der Waals surface area (Å²) >= 11 is 0. The summed E-state index contributed by atoms with van der Waals surface area (Å²) in [5.41, 5.74) is 3.11. The molecule has 39 heavy (non-hydrogen) atoms. The van der Waals surface area contributed by atoms with E-state index >= 15 is 0 Å². The SMILES string of the molecule is CC(C)N1CCN(C(=O)c2cc(C3CC3)[nH]n2)CC1.CCCc1onc(C)c1C(=O)N1CCN(C(C)C)CC1. The zero-order chi connectivity index (χ0) is 28.1. The van der Waals surface area contributed by atoms with Crippen LogP contribution in [-0.4, -0.2) is 111 Å². The van der Waals surface area contributed by atoms with Crippen LogP contribution in [0.4, 0.5) is 0 Å². The Morgan fingerprint density at radius 2 is 1.46 bits per heavy atom. The molecular weight excluding hydrogens is 494 g/mol. The summed E-state index contributed by atoms with van der Waals surface area (Å²) in [4.78, 5) is 33.7. The lowest BCUT2D eigenvalue weighted by molar-refractivity contribution is 0.0586. The van der Waals surface area contributed by atoms with Gasteiger partial charge in [0.15, 0.2) is 0 Å². The molecule has 0 spiro atoms. The van der Waals surface area contributed by atoms with Crippen LogP contribution in [0, 0.1) is 6.92 Å². The van der Waals surface area contributed by atoms with Gasteiger partial charge in [0.25, 0.3) is 11.8 Å². The summed E-state index contributed by atoms with van der Waals surface area (Å²) in [5.74, 6) is 1.51. The van der Waals surface area contributed by atoms with E-state index in [9.17, 15) is 9.59 Å². The van der Waals surface area contributed by atoms with Crippen molar-refractivity contribution in [3.05, 3.63) is 34.5 Å². The van der Waals surface area contributed by atoms with E-state index in [0.717, 1.165) is 76.7 Å². The predicted molar refractivity (Wildman–Crippen MR) is 151 cm³/mol. The minimum Gasteiger partial charge on any atom is -0.360 e. The first-order valence-corrected chi connectivity index (χ1v) is 14.8. The molecule has 1 saturated carbocycles. The first-order chi connectivity index (χ1) is 18.7. The van der Waals surface area contributed by atoms with Crippen LogP contribution in [-0.2, 0) is 6.42 Å². The monoisotopic (exact) mass is 541 g/mol. The van der Waals surface area contributed by atoms with E-state index in [1.807, 2.05) is 22.8 Å². The molecule has 3 fully saturated rings. The number of piperazine rings is 2. The molecule has 0 bridgehead atoms. The number of aromatic nitrogens is 3. The summed E-state index contributed by atoms with van der Waals surface area (Å²) in [5, 5.41) is 11.1. The van der Waals surface area contributed by atoms with Crippen molar-refractivity contribution in [2.24, 2.45) is 0 Å². The molecule has 2 aliphatic heterocycles. The van der Waals surface area contributed by atoms with Crippen molar-refractivity contribution in [2.75, 3.05) is 52.4 Å². The number of H-pyrrole nitrogens is 1. The molecule has 0 atom stereocenters. The number of carbonyl (C=O) groups excluding carboxylic acids is 2. The van der Waals surface area contributed by atoms with Crippen LogP contribution >= 0.6 is 0 Å². The third-order valence-corrected chi connectivity index (χ3v) is 8.12. The zero-order valence-corrected chi connectivity index (χ0v) is 24.7. The van der Waals surface area contributed by atoms with Crippen LogP contribution in [0.1, 0.15) is 97.8 Å². The molecule has 10 nitrogen and oxygen atoms in total. The average Bonchev–Trinajstić information content (AvgIpc) is 3.56. The first-order valence-electron chi connectivity index (χ1n) is 14.8. The molecule has 2 aromatic heterocycles. The maximum atomic E-state index is 12.7. The van der Waals surface area contributed by atoms with Gasteiger partial charge in [-0.2, -0.15) is 5.10 Å². The summed E-state index contributed by atoms with van der Waals surface area (Å²) in [7, 11) is 0. The second kappa shape index (κ2) is 13.1. The maximum absolute atomic E-state index is 12.7. The van der Waals surface area contributed by atoms with Gasteiger partial charge in [-0.3, -0.25) is 24.5 Å². The van der Waals surface area contributed by atoms with E-state index in [4.69, 9.17) is 4.52 Å². The normalized spacial score (nSPS) is 19.0. The molecule has 0 radical (unpaired) electrons. The summed E-state index contributed by atoms with van der Waals surface area (Å²) in [6.07, 6.45) is 4.18. The van der Waals surface area contributed by atoms with Gasteiger partial charge in [-0.15, -0.1) is 0 Å². The second-order valence-electron chi connectivity index (χ2n) is 11.6. The predicted octanol–water partition coefficient (Wildman–Crippen LogP) is 3.56. The Bertz CT molecular complexity index is 1090. The van der Waals surface area contributed by atoms with E-state index in [-0.39, 0.29) is 11.8 Å². The molecule has 216 valence electrons. The Labute approximate surface area is 233 Å². The van der Waals surface area contributed by atoms with E-state index in [2.05, 4.69) is 59.8 Å². The molecule has 5 rings (SSSR count). The highest BCUT2D eigenvalue weighted by Gasteiger charge is 2.30. The quantitative estimate of drug-likeness (QED) is 0.572. The molecule has 0 unspecified atom stereocenters. The number of hydrogen-bond donors (Lipinski definition) is 1. The number of aromatic amines is 1. The molecule has 1 N–H and O–H groups in total. The minimum absolute atomic E-state index is 0.0755. The lowest BCUT2D eigenvalue weighted by Crippen LogP contribution is -2.50. The molecule has 4 heterocycles. The third-order valence-electron chi connectivity index (χ3n) is 8.12. The number of amides is 2. The van der Waals surface area contributed by atoms with Gasteiger partial charge in [-0.1, -0.05) is 12.1 Å². The van der Waals surface area contributed by atoms with Crippen molar-refractivity contribution in [2.45, 2.75) is 85.2 Å². The third kappa shape index (κ3) is 7.28. The van der Waals surface area contributed by atoms with Crippen molar-refractivity contribution in [3.8, 4) is 0 Å². The lowest BCUT2D eigenvalue weighted by atomic mass is 10.1. The fourth-order valence-corrected chi connectivity index (χ4v) is 5.34. The summed E-state index contributed by atoms with van der Waals surface area (Å²) < 4.78 is 5.30. The molecule has 3 aliphatic rings. The molecule has 2 aromatic rings. The van der Waals surface area contributed by atoms with Crippen LogP contribution in [0.3, 0.4) is 0 Å². The maximum Gasteiger partial charge on any atom is 0.274 e. The smallest absolute Gasteiger partial charge is 0.274 e. The second-order valence-corrected chi connectivity index (χ2v) is 11.6. The van der Waals surface area contributed by atoms with Crippen LogP contribution in [0.15, 0.2) is 10.6 Å². The number of carbonyl (C=O) groups is 2. The Morgan fingerprint density at radius 1 is 0.923 bits per heavy atom. The molecule has 10 heteroatoms. The van der Waals surface area contributed by atoms with E-state index in [1.165, 1.54) is 12.8 Å². The standard InChI is InChI=1S/C15H25N3O2.C14H22N4O/c1-5-6-13-14(12(4)16-20-13)15(19)18-9-7-17(8-10-18)11(2)3;1-10(2)17-5-7-18(8-6-17)14(19)13-9-12(15-16-13)11-3-4-11/h11H,5-10H2,1-4H3;9-11H,3-8H2,1-2H3,(H,15,16). The van der Waals surface area contributed by atoms with Gasteiger partial charge in [0.1, 0.15) is 17.0 Å². The van der Waals surface area contributed by atoms with Crippen LogP contribution in [0.5, 0.6) is 0 Å². The van der Waals surface area contributed by atoms with Gasteiger partial charge in [0, 0.05) is 82.5 Å². The number of nitrogens with one attached hydrogen (secondary N) is 1. The fourth-order valence-electron chi connectivity index (χ4n) is 5.34. The van der Waals surface area contributed by atoms with E-state index in [0.29, 0.717) is 35.0 Å². The van der Waals surface area contributed by atoms with Gasteiger partial charge in [0.2, 0.25) is 0 Å². The molecule has 1 aliphatic carbocycles. The largest absolute Gasteiger partial charge is 0.360 e. The van der Waals surface area contributed by atoms with Crippen LogP contribution < -0.4 is 0 Å². The van der Waals surface area contributed by atoms with Crippen molar-refractivity contribution in [3.63, 3.8) is 0 Å². The van der Waals surface area contributed by atoms with Gasteiger partial charge < -0.3 is 14.3 Å². The first kappa shape index (κ1) is 29.3. The Morgan fingerprint density at radius 3 is 1.95 bits per heavy atom. The fraction of sp³-hybridized carbons (Fsp3) is 0.724. The van der Waals surface area contributed by atoms with Crippen LogP contribution in [0.2, 0.25) is 0 Å². The highest BCUT2D eigenvalue weighted by atomic mass is 16.5. The Balaban J connectivity index is 0.000000181. The summed E-state index contributed by atoms with van der Waals surface area (Å²) in [6.45, 7) is 19.7. The van der Waals surface area contributed by atoms with Crippen molar-refractivity contribution in [1.82, 2.24) is 35.0 Å². The van der Waals surface area contributed by atoms with Gasteiger partial charge in [-0.25, -0.2) is 0 Å². The highest BCUT2D eigenvalue weighted by molar-refractivity contribution is 5.96. The highest BCUT2D eigenvalue weighted by Crippen LogP contribution is 2.39. The van der Waals surface area contributed by atoms with Crippen LogP contribution in [0.25, 0.3) is 0 Å². The van der Waals surface area contributed by atoms with Gasteiger partial charge >= 0.3 is 0 Å². The number of hydrogen-bond acceptors (Lipinski definition) is 7. The summed E-state index contributed by atoms with van der Waals surface area (Å²) in [6, 6.07) is 3.04. The topological polar surface area (TPSA) is 102 Å². The Hall–Kier alpha value is -2.72. The zero-order valence-electron chi connectivity index (χ0n) is 24.7. The number of rotatable bonds is 7. The van der Waals surface area contributed by atoms with Crippen molar-refractivity contribution in [1.29, 1.82) is 0 Å². The van der Waals surface area contributed by atoms with Crippen molar-refractivity contribution < 1.29 is 14.1 Å². The van der Waals surface area contributed by atoms with Crippen molar-refractivity contribution >= 4 is 11.8 Å². The van der Waals surface area contributed by atoms with Gasteiger partial charge in [-0.05, 0) is 59.9 Å².